The molecule has 5 heteroatoms. The van der Waals surface area contributed by atoms with Crippen molar-refractivity contribution >= 4 is 23.3 Å². The summed E-state index contributed by atoms with van der Waals surface area (Å²) in [7, 11) is 1.80. The van der Waals surface area contributed by atoms with Crippen LogP contribution in [-0.4, -0.2) is 23.0 Å². The Labute approximate surface area is 122 Å². The van der Waals surface area contributed by atoms with E-state index in [4.69, 9.17) is 11.6 Å². The van der Waals surface area contributed by atoms with Crippen LogP contribution < -0.4 is 4.90 Å². The molecule has 0 spiro atoms. The third-order valence-corrected chi connectivity index (χ3v) is 3.75. The van der Waals surface area contributed by atoms with Gasteiger partial charge < -0.3 is 4.90 Å². The van der Waals surface area contributed by atoms with Crippen LogP contribution in [0.1, 0.15) is 11.1 Å². The summed E-state index contributed by atoms with van der Waals surface area (Å²) in [5, 5.41) is 0.436. The summed E-state index contributed by atoms with van der Waals surface area (Å²) in [5.41, 5.74) is 2.91. The maximum atomic E-state index is 12.4. The second-order valence-corrected chi connectivity index (χ2v) is 5.16. The topological polar surface area (TPSA) is 36.4 Å². The van der Waals surface area contributed by atoms with Crippen LogP contribution in [0.15, 0.2) is 42.6 Å². The van der Waals surface area contributed by atoms with Crippen molar-refractivity contribution in [2.45, 2.75) is 13.1 Å². The van der Waals surface area contributed by atoms with Crippen LogP contribution in [0.4, 0.5) is 10.5 Å². The summed E-state index contributed by atoms with van der Waals surface area (Å²) in [5.74, 6) is 0. The van der Waals surface area contributed by atoms with Crippen molar-refractivity contribution < 1.29 is 4.79 Å². The van der Waals surface area contributed by atoms with Gasteiger partial charge in [0, 0.05) is 25.4 Å². The number of carbonyl (C=O) groups is 1. The van der Waals surface area contributed by atoms with E-state index in [0.29, 0.717) is 18.2 Å². The van der Waals surface area contributed by atoms with Gasteiger partial charge in [-0.25, -0.2) is 9.78 Å². The quantitative estimate of drug-likeness (QED) is 0.795. The second kappa shape index (κ2) is 5.13. The minimum Gasteiger partial charge on any atom is -0.323 e. The summed E-state index contributed by atoms with van der Waals surface area (Å²) in [6.07, 6.45) is 1.64. The van der Waals surface area contributed by atoms with Crippen LogP contribution in [0.3, 0.4) is 0 Å². The molecule has 0 N–H and O–H groups in total. The smallest absolute Gasteiger partial charge is 0.323 e. The Balaban J connectivity index is 2.00. The van der Waals surface area contributed by atoms with E-state index in [0.717, 1.165) is 16.8 Å². The van der Waals surface area contributed by atoms with Crippen LogP contribution in [-0.2, 0) is 13.1 Å². The van der Waals surface area contributed by atoms with Crippen LogP contribution in [0, 0.1) is 0 Å². The zero-order chi connectivity index (χ0) is 14.1. The average molecular weight is 288 g/mol. The molecule has 0 fully saturated rings. The highest BCUT2D eigenvalue weighted by atomic mass is 35.5. The Morgan fingerprint density at radius 2 is 2.05 bits per heavy atom. The van der Waals surface area contributed by atoms with Crippen LogP contribution in [0.5, 0.6) is 0 Å². The van der Waals surface area contributed by atoms with Crippen molar-refractivity contribution in [3.05, 3.63) is 58.9 Å². The van der Waals surface area contributed by atoms with Gasteiger partial charge in [-0.1, -0.05) is 35.9 Å². The van der Waals surface area contributed by atoms with E-state index in [9.17, 15) is 4.79 Å². The number of hydrogen-bond acceptors (Lipinski definition) is 2. The molecule has 20 heavy (non-hydrogen) atoms. The number of fused-ring (bicyclic) bond motifs is 1. The number of amides is 2. The fourth-order valence-corrected chi connectivity index (χ4v) is 2.58. The van der Waals surface area contributed by atoms with Gasteiger partial charge >= 0.3 is 6.03 Å². The SMILES string of the molecule is CN1Cc2ccccc2N(Cc2cccnc2Cl)C1=O. The predicted octanol–water partition coefficient (Wildman–Crippen LogP) is 3.31. The number of rotatable bonds is 2. The van der Waals surface area contributed by atoms with E-state index in [1.165, 1.54) is 0 Å². The maximum Gasteiger partial charge on any atom is 0.324 e. The summed E-state index contributed by atoms with van der Waals surface area (Å²) < 4.78 is 0. The molecular formula is C15H14ClN3O. The highest BCUT2D eigenvalue weighted by molar-refractivity contribution is 6.30. The number of urea groups is 1. The number of anilines is 1. The molecule has 0 bridgehead atoms. The monoisotopic (exact) mass is 287 g/mol. The number of para-hydroxylation sites is 1. The molecule has 1 aromatic heterocycles. The van der Waals surface area contributed by atoms with E-state index in [2.05, 4.69) is 4.98 Å². The zero-order valence-corrected chi connectivity index (χ0v) is 11.8. The van der Waals surface area contributed by atoms with E-state index < -0.39 is 0 Å². The molecule has 4 nitrogen and oxygen atoms in total. The first kappa shape index (κ1) is 12.9. The predicted molar refractivity (Wildman–Crippen MR) is 78.7 cm³/mol. The van der Waals surface area contributed by atoms with Crippen molar-refractivity contribution in [2.75, 3.05) is 11.9 Å². The molecule has 2 heterocycles. The standard InChI is InChI=1S/C15H14ClN3O/c1-18-9-11-5-2-3-7-13(11)19(15(18)20)10-12-6-4-8-17-14(12)16/h2-8H,9-10H2,1H3. The van der Waals surface area contributed by atoms with Crippen LogP contribution in [0.25, 0.3) is 0 Å². The molecule has 0 atom stereocenters. The Bertz CT molecular complexity index is 659. The molecule has 2 aromatic rings. The minimum atomic E-state index is -0.0244. The Kier molecular flexibility index (Phi) is 3.32. The largest absolute Gasteiger partial charge is 0.324 e. The van der Waals surface area contributed by atoms with Gasteiger partial charge in [-0.3, -0.25) is 4.90 Å². The average Bonchev–Trinajstić information content (AvgIpc) is 2.46. The lowest BCUT2D eigenvalue weighted by Gasteiger charge is -2.35. The summed E-state index contributed by atoms with van der Waals surface area (Å²) in [4.78, 5) is 19.9. The first-order valence-corrected chi connectivity index (χ1v) is 6.74. The molecule has 2 amide bonds. The van der Waals surface area contributed by atoms with Gasteiger partial charge in [0.2, 0.25) is 0 Å². The number of hydrogen-bond donors (Lipinski definition) is 0. The lowest BCUT2D eigenvalue weighted by atomic mass is 10.1. The summed E-state index contributed by atoms with van der Waals surface area (Å²) in [6, 6.07) is 11.6. The zero-order valence-electron chi connectivity index (χ0n) is 11.1. The van der Waals surface area contributed by atoms with Crippen molar-refractivity contribution in [2.24, 2.45) is 0 Å². The molecule has 0 radical (unpaired) electrons. The molecule has 1 aromatic carbocycles. The highest BCUT2D eigenvalue weighted by Gasteiger charge is 2.28. The van der Waals surface area contributed by atoms with Crippen molar-refractivity contribution in [1.29, 1.82) is 0 Å². The van der Waals surface area contributed by atoms with Crippen LogP contribution in [0.2, 0.25) is 5.15 Å². The number of nitrogens with zero attached hydrogens (tertiary/aromatic N) is 3. The number of pyridine rings is 1. The molecule has 1 aliphatic heterocycles. The number of carbonyl (C=O) groups excluding carboxylic acids is 1. The third kappa shape index (κ3) is 2.23. The number of benzene rings is 1. The van der Waals surface area contributed by atoms with Crippen molar-refractivity contribution in [3.8, 4) is 0 Å². The van der Waals surface area contributed by atoms with Gasteiger partial charge in [-0.2, -0.15) is 0 Å². The van der Waals surface area contributed by atoms with E-state index in [1.807, 2.05) is 36.4 Å². The fraction of sp³-hybridized carbons (Fsp3) is 0.200. The molecule has 0 unspecified atom stereocenters. The van der Waals surface area contributed by atoms with Crippen molar-refractivity contribution in [3.63, 3.8) is 0 Å². The van der Waals surface area contributed by atoms with Gasteiger partial charge in [0.15, 0.2) is 0 Å². The number of halogens is 1. The van der Waals surface area contributed by atoms with E-state index in [-0.39, 0.29) is 6.03 Å². The molecule has 0 aliphatic carbocycles. The van der Waals surface area contributed by atoms with Gasteiger partial charge in [-0.15, -0.1) is 0 Å². The fourth-order valence-electron chi connectivity index (χ4n) is 2.40. The third-order valence-electron chi connectivity index (χ3n) is 3.41. The second-order valence-electron chi connectivity index (χ2n) is 4.81. The van der Waals surface area contributed by atoms with Crippen molar-refractivity contribution in [1.82, 2.24) is 9.88 Å². The van der Waals surface area contributed by atoms with Gasteiger partial charge in [0.25, 0.3) is 0 Å². The van der Waals surface area contributed by atoms with E-state index in [1.54, 1.807) is 23.0 Å². The molecule has 3 rings (SSSR count). The first-order valence-electron chi connectivity index (χ1n) is 6.37. The molecule has 1 aliphatic rings. The molecular weight excluding hydrogens is 274 g/mol. The van der Waals surface area contributed by atoms with Gasteiger partial charge in [0.05, 0.1) is 12.2 Å². The summed E-state index contributed by atoms with van der Waals surface area (Å²) >= 11 is 6.09. The number of aromatic nitrogens is 1. The lowest BCUT2D eigenvalue weighted by molar-refractivity contribution is 0.210. The lowest BCUT2D eigenvalue weighted by Crippen LogP contribution is -2.44. The summed E-state index contributed by atoms with van der Waals surface area (Å²) in [6.45, 7) is 1.05. The minimum absolute atomic E-state index is 0.0244. The Morgan fingerprint density at radius 1 is 1.25 bits per heavy atom. The molecule has 0 saturated carbocycles. The molecule has 0 saturated heterocycles. The highest BCUT2D eigenvalue weighted by Crippen LogP contribution is 2.29. The Morgan fingerprint density at radius 3 is 2.85 bits per heavy atom. The first-order chi connectivity index (χ1) is 9.66. The Hall–Kier alpha value is -2.07. The maximum absolute atomic E-state index is 12.4. The van der Waals surface area contributed by atoms with Gasteiger partial charge in [-0.05, 0) is 17.7 Å². The van der Waals surface area contributed by atoms with E-state index >= 15 is 0 Å². The van der Waals surface area contributed by atoms with Gasteiger partial charge in [0.1, 0.15) is 5.15 Å². The normalized spacial score (nSPS) is 14.4. The van der Waals surface area contributed by atoms with Crippen LogP contribution >= 0.6 is 11.6 Å². The molecule has 102 valence electrons.